The lowest BCUT2D eigenvalue weighted by molar-refractivity contribution is 0.0600. The van der Waals surface area contributed by atoms with E-state index in [0.717, 1.165) is 5.56 Å². The fourth-order valence-electron chi connectivity index (χ4n) is 0.924. The van der Waals surface area contributed by atoms with Gasteiger partial charge < -0.3 is 4.74 Å². The first-order valence-corrected chi connectivity index (χ1v) is 3.51. The van der Waals surface area contributed by atoms with Crippen LogP contribution in [0.5, 0.6) is 0 Å². The highest BCUT2D eigenvalue weighted by Crippen LogP contribution is 2.11. The third-order valence-corrected chi connectivity index (χ3v) is 1.58. The Morgan fingerprint density at radius 1 is 1.42 bits per heavy atom. The van der Waals surface area contributed by atoms with E-state index in [1.54, 1.807) is 18.2 Å². The molecule has 0 spiro atoms. The lowest BCUT2D eigenvalue weighted by atomic mass is 10.1. The van der Waals surface area contributed by atoms with E-state index < -0.39 is 0 Å². The molecule has 1 aromatic carbocycles. The van der Waals surface area contributed by atoms with Crippen molar-refractivity contribution >= 4 is 5.97 Å². The fraction of sp³-hybridized carbons (Fsp3) is 0.100. The van der Waals surface area contributed by atoms with Gasteiger partial charge in [0, 0.05) is 0 Å². The van der Waals surface area contributed by atoms with Crippen LogP contribution in [0.25, 0.3) is 0 Å². The van der Waals surface area contributed by atoms with Crippen LogP contribution in [0, 0.1) is 13.8 Å². The first-order valence-electron chi connectivity index (χ1n) is 3.51. The van der Waals surface area contributed by atoms with Gasteiger partial charge in [-0.2, -0.15) is 0 Å². The zero-order valence-electron chi connectivity index (χ0n) is 6.96. The summed E-state index contributed by atoms with van der Waals surface area (Å²) >= 11 is 0. The van der Waals surface area contributed by atoms with Crippen molar-refractivity contribution in [1.29, 1.82) is 0 Å². The highest BCUT2D eigenvalue weighted by molar-refractivity contribution is 5.91. The topological polar surface area (TPSA) is 26.3 Å². The van der Waals surface area contributed by atoms with Crippen molar-refractivity contribution in [2.45, 2.75) is 0 Å². The average molecular weight is 162 g/mol. The Hall–Kier alpha value is -1.31. The standard InChI is InChI=1S/C10H10O2/c1-7-4-5-8(2)9(6-7)10(11)12-3/h4-6H,1-2H2,3H3. The molecule has 1 aromatic rings. The van der Waals surface area contributed by atoms with Crippen LogP contribution in [0.3, 0.4) is 0 Å². The zero-order valence-corrected chi connectivity index (χ0v) is 6.96. The largest absolute Gasteiger partial charge is 0.465 e. The van der Waals surface area contributed by atoms with E-state index in [1.165, 1.54) is 7.11 Å². The molecule has 2 nitrogen and oxygen atoms in total. The molecule has 1 rings (SSSR count). The van der Waals surface area contributed by atoms with Crippen molar-refractivity contribution < 1.29 is 9.53 Å². The molecule has 0 heterocycles. The number of hydrogen-bond acceptors (Lipinski definition) is 2. The SMILES string of the molecule is [CH2]c1ccc([CH2])c(C(=O)OC)c1. The molecule has 0 aliphatic rings. The molecule has 2 heteroatoms. The van der Waals surface area contributed by atoms with Crippen molar-refractivity contribution in [2.75, 3.05) is 7.11 Å². The van der Waals surface area contributed by atoms with Gasteiger partial charge in [0.2, 0.25) is 0 Å². The molecular formula is C10H10O2. The second-order valence-corrected chi connectivity index (χ2v) is 2.48. The number of carbonyl (C=O) groups excluding carboxylic acids is 1. The minimum Gasteiger partial charge on any atom is -0.465 e. The van der Waals surface area contributed by atoms with Gasteiger partial charge >= 0.3 is 5.97 Å². The maximum absolute atomic E-state index is 11.1. The highest BCUT2D eigenvalue weighted by atomic mass is 16.5. The van der Waals surface area contributed by atoms with Gasteiger partial charge in [-0.1, -0.05) is 12.1 Å². The Bertz CT molecular complexity index is 303. The van der Waals surface area contributed by atoms with Gasteiger partial charge in [0.1, 0.15) is 0 Å². The predicted octanol–water partition coefficient (Wildman–Crippen LogP) is 1.84. The van der Waals surface area contributed by atoms with Gasteiger partial charge in [0.15, 0.2) is 0 Å². The molecule has 0 N–H and O–H groups in total. The summed E-state index contributed by atoms with van der Waals surface area (Å²) < 4.78 is 4.57. The minimum absolute atomic E-state index is 0.370. The fourth-order valence-corrected chi connectivity index (χ4v) is 0.924. The van der Waals surface area contributed by atoms with Crippen LogP contribution in [-0.4, -0.2) is 13.1 Å². The van der Waals surface area contributed by atoms with E-state index in [2.05, 4.69) is 18.6 Å². The molecule has 0 aromatic heterocycles. The van der Waals surface area contributed by atoms with E-state index in [1.807, 2.05) is 0 Å². The van der Waals surface area contributed by atoms with E-state index in [-0.39, 0.29) is 5.97 Å². The van der Waals surface area contributed by atoms with Gasteiger partial charge in [0.25, 0.3) is 0 Å². The second-order valence-electron chi connectivity index (χ2n) is 2.48. The van der Waals surface area contributed by atoms with Gasteiger partial charge in [0.05, 0.1) is 12.7 Å². The van der Waals surface area contributed by atoms with Gasteiger partial charge in [-0.15, -0.1) is 0 Å². The molecular weight excluding hydrogens is 152 g/mol. The monoisotopic (exact) mass is 162 g/mol. The normalized spacial score (nSPS) is 9.58. The minimum atomic E-state index is -0.370. The molecule has 0 amide bonds. The summed E-state index contributed by atoms with van der Waals surface area (Å²) in [5.74, 6) is -0.370. The second kappa shape index (κ2) is 3.39. The van der Waals surface area contributed by atoms with Crippen LogP contribution < -0.4 is 0 Å². The molecule has 0 saturated carbocycles. The van der Waals surface area contributed by atoms with Crippen molar-refractivity contribution in [2.24, 2.45) is 0 Å². The number of carbonyl (C=O) groups is 1. The number of hydrogen-bond donors (Lipinski definition) is 0. The zero-order chi connectivity index (χ0) is 9.14. The van der Waals surface area contributed by atoms with E-state index >= 15 is 0 Å². The number of ether oxygens (including phenoxy) is 1. The molecule has 0 atom stereocenters. The van der Waals surface area contributed by atoms with Crippen LogP contribution in [-0.2, 0) is 4.74 Å². The van der Waals surface area contributed by atoms with E-state index in [0.29, 0.717) is 11.1 Å². The first-order chi connectivity index (χ1) is 5.65. The van der Waals surface area contributed by atoms with Crippen molar-refractivity contribution in [3.8, 4) is 0 Å². The third kappa shape index (κ3) is 1.64. The maximum Gasteiger partial charge on any atom is 0.338 e. The molecule has 0 unspecified atom stereocenters. The Balaban J connectivity index is 3.13. The first kappa shape index (κ1) is 8.78. The van der Waals surface area contributed by atoms with Crippen molar-refractivity contribution in [3.63, 3.8) is 0 Å². The average Bonchev–Trinajstić information content (AvgIpc) is 2.08. The van der Waals surface area contributed by atoms with Crippen LogP contribution in [0.4, 0.5) is 0 Å². The quantitative estimate of drug-likeness (QED) is 0.589. The summed E-state index contributed by atoms with van der Waals surface area (Å²) in [7, 11) is 1.34. The Labute approximate surface area is 72.2 Å². The molecule has 2 radical (unpaired) electrons. The van der Waals surface area contributed by atoms with E-state index in [9.17, 15) is 4.79 Å². The van der Waals surface area contributed by atoms with Gasteiger partial charge in [-0.05, 0) is 31.0 Å². The third-order valence-electron chi connectivity index (χ3n) is 1.58. The highest BCUT2D eigenvalue weighted by Gasteiger charge is 2.07. The molecule has 0 aliphatic carbocycles. The van der Waals surface area contributed by atoms with Gasteiger partial charge in [-0.25, -0.2) is 4.79 Å². The number of esters is 1. The van der Waals surface area contributed by atoms with E-state index in [4.69, 9.17) is 0 Å². The summed E-state index contributed by atoms with van der Waals surface area (Å²) in [6, 6.07) is 5.21. The Morgan fingerprint density at radius 3 is 2.67 bits per heavy atom. The number of benzene rings is 1. The summed E-state index contributed by atoms with van der Waals surface area (Å²) in [5.41, 5.74) is 1.92. The lowest BCUT2D eigenvalue weighted by Gasteiger charge is -2.03. The summed E-state index contributed by atoms with van der Waals surface area (Å²) in [6.07, 6.45) is 0. The lowest BCUT2D eigenvalue weighted by Crippen LogP contribution is -2.03. The number of rotatable bonds is 1. The predicted molar refractivity (Wildman–Crippen MR) is 46.7 cm³/mol. The molecule has 0 fully saturated rings. The molecule has 62 valence electrons. The Kier molecular flexibility index (Phi) is 2.48. The molecule has 0 saturated heterocycles. The van der Waals surface area contributed by atoms with Crippen LogP contribution in [0.1, 0.15) is 21.5 Å². The van der Waals surface area contributed by atoms with Crippen molar-refractivity contribution in [1.82, 2.24) is 0 Å². The molecule has 0 bridgehead atoms. The van der Waals surface area contributed by atoms with Crippen LogP contribution >= 0.6 is 0 Å². The van der Waals surface area contributed by atoms with Crippen molar-refractivity contribution in [3.05, 3.63) is 48.7 Å². The smallest absolute Gasteiger partial charge is 0.338 e. The summed E-state index contributed by atoms with van der Waals surface area (Å²) in [6.45, 7) is 7.41. The van der Waals surface area contributed by atoms with Crippen LogP contribution in [0.2, 0.25) is 0 Å². The summed E-state index contributed by atoms with van der Waals surface area (Å²) in [5, 5.41) is 0. The van der Waals surface area contributed by atoms with Gasteiger partial charge in [-0.3, -0.25) is 0 Å². The van der Waals surface area contributed by atoms with Crippen LogP contribution in [0.15, 0.2) is 18.2 Å². The Morgan fingerprint density at radius 2 is 2.08 bits per heavy atom. The molecule has 0 aliphatic heterocycles. The maximum atomic E-state index is 11.1. The summed E-state index contributed by atoms with van der Waals surface area (Å²) in [4.78, 5) is 11.1. The molecule has 12 heavy (non-hydrogen) atoms. The number of methoxy groups -OCH3 is 1.